The Kier molecular flexibility index (Phi) is 12.7. The molecule has 0 saturated heterocycles. The first kappa shape index (κ1) is 23.2. The molecule has 1 N–H and O–H groups in total. The molecule has 0 atom stereocenters. The van der Waals surface area contributed by atoms with E-state index < -0.39 is 0 Å². The van der Waals surface area contributed by atoms with Crippen LogP contribution in [0.1, 0.15) is 50.7 Å². The van der Waals surface area contributed by atoms with Gasteiger partial charge in [0.2, 0.25) is 0 Å². The summed E-state index contributed by atoms with van der Waals surface area (Å²) in [7, 11) is 0. The van der Waals surface area contributed by atoms with Crippen molar-refractivity contribution in [3.05, 3.63) is 53.6 Å². The number of phenols is 1. The van der Waals surface area contributed by atoms with E-state index in [2.05, 4.69) is 32.0 Å². The normalized spacial score (nSPS) is 9.83. The Hall–Kier alpha value is 0.240. The van der Waals surface area contributed by atoms with Gasteiger partial charge in [-0.25, -0.2) is 0 Å². The van der Waals surface area contributed by atoms with E-state index in [0.717, 1.165) is 18.4 Å². The molecular formula is C20H28Na2O. The molecule has 2 aromatic rings. The average molecular weight is 330 g/mol. The predicted octanol–water partition coefficient (Wildman–Crippen LogP) is 4.45. The van der Waals surface area contributed by atoms with Crippen LogP contribution in [0, 0.1) is 0 Å². The monoisotopic (exact) mass is 330 g/mol. The number of unbranched alkanes of at least 4 members (excludes halogenated alkanes) is 2. The number of phenolic OH excluding ortho intramolecular Hbond substituents is 1. The van der Waals surface area contributed by atoms with Crippen molar-refractivity contribution >= 4 is 59.1 Å². The van der Waals surface area contributed by atoms with Gasteiger partial charge in [0.1, 0.15) is 5.75 Å². The summed E-state index contributed by atoms with van der Waals surface area (Å²) in [5.74, 6) is 0.378. The summed E-state index contributed by atoms with van der Waals surface area (Å²) in [6, 6.07) is 14.2. The first-order valence-corrected chi connectivity index (χ1v) is 8.17. The molecule has 0 bridgehead atoms. The Morgan fingerprint density at radius 3 is 2.00 bits per heavy atom. The number of hydrogen-bond donors (Lipinski definition) is 1. The first-order chi connectivity index (χ1) is 10.3. The van der Waals surface area contributed by atoms with Crippen molar-refractivity contribution in [2.24, 2.45) is 0 Å². The van der Waals surface area contributed by atoms with Gasteiger partial charge in [0.25, 0.3) is 0 Å². The molecule has 0 aliphatic rings. The summed E-state index contributed by atoms with van der Waals surface area (Å²) in [6.45, 7) is 4.47. The van der Waals surface area contributed by atoms with Gasteiger partial charge in [-0.1, -0.05) is 63.1 Å². The molecule has 23 heavy (non-hydrogen) atoms. The summed E-state index contributed by atoms with van der Waals surface area (Å²) in [5, 5.41) is 10.2. The molecule has 2 aromatic carbocycles. The van der Waals surface area contributed by atoms with Gasteiger partial charge < -0.3 is 5.11 Å². The van der Waals surface area contributed by atoms with Crippen molar-refractivity contribution in [3.8, 4) is 16.9 Å². The van der Waals surface area contributed by atoms with E-state index >= 15 is 0 Å². The molecule has 0 radical (unpaired) electrons. The van der Waals surface area contributed by atoms with Gasteiger partial charge >= 0.3 is 59.1 Å². The molecule has 0 aliphatic heterocycles. The van der Waals surface area contributed by atoms with Crippen LogP contribution in [-0.4, -0.2) is 64.2 Å². The average Bonchev–Trinajstić information content (AvgIpc) is 2.51. The van der Waals surface area contributed by atoms with E-state index in [-0.39, 0.29) is 59.1 Å². The molecule has 0 unspecified atom stereocenters. The van der Waals surface area contributed by atoms with Gasteiger partial charge in [-0.2, -0.15) is 0 Å². The summed E-state index contributed by atoms with van der Waals surface area (Å²) in [4.78, 5) is 0. The molecule has 0 saturated carbocycles. The summed E-state index contributed by atoms with van der Waals surface area (Å²) in [6.07, 6.45) is 7.07. The van der Waals surface area contributed by atoms with E-state index in [9.17, 15) is 5.11 Å². The van der Waals surface area contributed by atoms with Gasteiger partial charge in [-0.05, 0) is 48.4 Å². The zero-order valence-corrected chi connectivity index (χ0v) is 13.2. The van der Waals surface area contributed by atoms with Gasteiger partial charge in [0, 0.05) is 5.56 Å². The summed E-state index contributed by atoms with van der Waals surface area (Å²) in [5.41, 5.74) is 5.04. The van der Waals surface area contributed by atoms with E-state index in [1.54, 1.807) is 6.07 Å². The van der Waals surface area contributed by atoms with Crippen molar-refractivity contribution in [1.82, 2.24) is 0 Å². The van der Waals surface area contributed by atoms with Crippen molar-refractivity contribution in [1.29, 1.82) is 0 Å². The van der Waals surface area contributed by atoms with E-state index in [1.165, 1.54) is 42.4 Å². The Balaban J connectivity index is 0.00000242. The van der Waals surface area contributed by atoms with Gasteiger partial charge in [0.15, 0.2) is 0 Å². The Morgan fingerprint density at radius 2 is 1.35 bits per heavy atom. The minimum absolute atomic E-state index is 0. The van der Waals surface area contributed by atoms with E-state index in [0.29, 0.717) is 5.75 Å². The molecule has 2 rings (SSSR count). The van der Waals surface area contributed by atoms with Crippen molar-refractivity contribution in [3.63, 3.8) is 0 Å². The molecule has 0 amide bonds. The van der Waals surface area contributed by atoms with Crippen LogP contribution in [0.4, 0.5) is 0 Å². The molecule has 0 aromatic heterocycles. The van der Waals surface area contributed by atoms with Crippen molar-refractivity contribution < 1.29 is 5.11 Å². The third-order valence-corrected chi connectivity index (χ3v) is 4.05. The standard InChI is InChI=1S/C20H26O.2Na.2H/c1-3-5-10-16-11-9-14-18(17(16)12-6-4-2)19-13-7-8-15-20(19)21;;;;/h7-9,11,13-15,21H,3-6,10,12H2,1-2H3;;;;. The fourth-order valence-electron chi connectivity index (χ4n) is 2.84. The number of hydrogen-bond acceptors (Lipinski definition) is 1. The quantitative estimate of drug-likeness (QED) is 0.744. The topological polar surface area (TPSA) is 20.2 Å². The first-order valence-electron chi connectivity index (χ1n) is 8.17. The summed E-state index contributed by atoms with van der Waals surface area (Å²) >= 11 is 0. The SMILES string of the molecule is CCCCc1cccc(-c2ccccc2O)c1CCCC.[NaH].[NaH]. The van der Waals surface area contributed by atoms with Crippen LogP contribution in [0.2, 0.25) is 0 Å². The van der Waals surface area contributed by atoms with Crippen LogP contribution >= 0.6 is 0 Å². The second-order valence-corrected chi connectivity index (χ2v) is 5.67. The predicted molar refractivity (Wildman–Crippen MR) is 105 cm³/mol. The third-order valence-electron chi connectivity index (χ3n) is 4.05. The number of aryl methyl sites for hydroxylation is 1. The third kappa shape index (κ3) is 6.57. The minimum atomic E-state index is 0. The fraction of sp³-hybridized carbons (Fsp3) is 0.400. The number of rotatable bonds is 7. The maximum atomic E-state index is 10.2. The van der Waals surface area contributed by atoms with Crippen LogP contribution in [0.3, 0.4) is 0 Å². The van der Waals surface area contributed by atoms with Crippen LogP contribution in [0.15, 0.2) is 42.5 Å². The van der Waals surface area contributed by atoms with E-state index in [1.807, 2.05) is 18.2 Å². The van der Waals surface area contributed by atoms with Gasteiger partial charge in [0.05, 0.1) is 0 Å². The van der Waals surface area contributed by atoms with E-state index in [4.69, 9.17) is 0 Å². The van der Waals surface area contributed by atoms with Crippen LogP contribution in [0.5, 0.6) is 5.75 Å². The molecule has 3 heteroatoms. The van der Waals surface area contributed by atoms with Crippen molar-refractivity contribution in [2.45, 2.75) is 52.4 Å². The molecule has 1 nitrogen and oxygen atoms in total. The second-order valence-electron chi connectivity index (χ2n) is 5.67. The summed E-state index contributed by atoms with van der Waals surface area (Å²) < 4.78 is 0. The van der Waals surface area contributed by atoms with Crippen LogP contribution in [0.25, 0.3) is 11.1 Å². The number of benzene rings is 2. The Labute approximate surface area is 185 Å². The molecule has 0 spiro atoms. The number of aromatic hydroxyl groups is 1. The molecular weight excluding hydrogens is 302 g/mol. The van der Waals surface area contributed by atoms with Crippen molar-refractivity contribution in [2.75, 3.05) is 0 Å². The molecule has 0 aliphatic carbocycles. The Morgan fingerprint density at radius 1 is 0.739 bits per heavy atom. The maximum absolute atomic E-state index is 10.2. The van der Waals surface area contributed by atoms with Crippen LogP contribution < -0.4 is 0 Å². The molecule has 0 fully saturated rings. The Bertz CT molecular complexity index is 582. The fourth-order valence-corrected chi connectivity index (χ4v) is 2.84. The zero-order valence-electron chi connectivity index (χ0n) is 13.2. The second kappa shape index (κ2) is 12.6. The number of para-hydroxylation sites is 1. The van der Waals surface area contributed by atoms with Crippen LogP contribution in [-0.2, 0) is 12.8 Å². The van der Waals surface area contributed by atoms with Gasteiger partial charge in [-0.3, -0.25) is 0 Å². The zero-order chi connectivity index (χ0) is 15.1. The van der Waals surface area contributed by atoms with Gasteiger partial charge in [-0.15, -0.1) is 0 Å². The molecule has 116 valence electrons. The molecule has 0 heterocycles.